The summed E-state index contributed by atoms with van der Waals surface area (Å²) < 4.78 is 57.5. The van der Waals surface area contributed by atoms with Crippen molar-refractivity contribution in [2.24, 2.45) is 11.7 Å². The van der Waals surface area contributed by atoms with E-state index in [-0.39, 0.29) is 74.6 Å². The standard InChI is InChI=1S/C20H36N4O10P2/c1-5-31-35(27,32-6-2)11-9-29-17-13-16(20(26)24-22)18(14-15(17)19(25)23-21)30-10-12-36(28,33-7-3)34-8-4/h13-14H,5-12,21-22H2,1-4H3,(H,23,25)(H,24,26). The summed E-state index contributed by atoms with van der Waals surface area (Å²) in [5, 5.41) is 0. The van der Waals surface area contributed by atoms with Crippen LogP contribution in [0.25, 0.3) is 0 Å². The molecule has 0 aliphatic heterocycles. The summed E-state index contributed by atoms with van der Waals surface area (Å²) in [6, 6.07) is 2.44. The molecular weight excluding hydrogens is 518 g/mol. The lowest BCUT2D eigenvalue weighted by Gasteiger charge is -2.20. The molecule has 6 N–H and O–H groups in total. The number of hydrazine groups is 2. The number of amides is 2. The van der Waals surface area contributed by atoms with E-state index < -0.39 is 27.0 Å². The van der Waals surface area contributed by atoms with E-state index in [1.54, 1.807) is 27.7 Å². The molecule has 0 bridgehead atoms. The van der Waals surface area contributed by atoms with Crippen molar-refractivity contribution in [1.29, 1.82) is 0 Å². The molecule has 206 valence electrons. The molecule has 0 aromatic heterocycles. The lowest BCUT2D eigenvalue weighted by Crippen LogP contribution is -2.32. The molecule has 0 heterocycles. The maximum atomic E-state index is 12.7. The van der Waals surface area contributed by atoms with Gasteiger partial charge in [0.05, 0.1) is 63.1 Å². The van der Waals surface area contributed by atoms with Crippen molar-refractivity contribution in [3.63, 3.8) is 0 Å². The van der Waals surface area contributed by atoms with E-state index in [0.717, 1.165) is 0 Å². The van der Waals surface area contributed by atoms with E-state index >= 15 is 0 Å². The molecule has 0 saturated carbocycles. The van der Waals surface area contributed by atoms with Gasteiger partial charge in [-0.2, -0.15) is 0 Å². The number of rotatable bonds is 18. The first-order valence-electron chi connectivity index (χ1n) is 11.3. The van der Waals surface area contributed by atoms with Crippen LogP contribution < -0.4 is 32.0 Å². The van der Waals surface area contributed by atoms with Crippen LogP contribution in [0.4, 0.5) is 0 Å². The van der Waals surface area contributed by atoms with Crippen LogP contribution in [0.3, 0.4) is 0 Å². The Morgan fingerprint density at radius 3 is 1.25 bits per heavy atom. The number of nitrogens with two attached hydrogens (primary N) is 2. The van der Waals surface area contributed by atoms with Crippen molar-refractivity contribution >= 4 is 27.0 Å². The van der Waals surface area contributed by atoms with Crippen molar-refractivity contribution in [2.75, 3.05) is 52.0 Å². The van der Waals surface area contributed by atoms with Gasteiger partial charge in [-0.25, -0.2) is 11.7 Å². The summed E-state index contributed by atoms with van der Waals surface area (Å²) in [6.45, 7) is 7.05. The molecular formula is C20H36N4O10P2. The van der Waals surface area contributed by atoms with E-state index in [1.165, 1.54) is 12.1 Å². The molecule has 1 rings (SSSR count). The monoisotopic (exact) mass is 554 g/mol. The lowest BCUT2D eigenvalue weighted by molar-refractivity contribution is 0.0934. The highest BCUT2D eigenvalue weighted by Gasteiger charge is 2.27. The Morgan fingerprint density at radius 2 is 1.00 bits per heavy atom. The Morgan fingerprint density at radius 1 is 0.694 bits per heavy atom. The van der Waals surface area contributed by atoms with Crippen molar-refractivity contribution in [3.05, 3.63) is 23.3 Å². The van der Waals surface area contributed by atoms with Gasteiger partial charge in [0.2, 0.25) is 0 Å². The third kappa shape index (κ3) is 9.79. The fraction of sp³-hybridized carbons (Fsp3) is 0.600. The Hall–Kier alpha value is -2.02. The van der Waals surface area contributed by atoms with Crippen LogP contribution in [0.1, 0.15) is 48.4 Å². The zero-order valence-electron chi connectivity index (χ0n) is 20.9. The van der Waals surface area contributed by atoms with Crippen molar-refractivity contribution < 1.29 is 46.3 Å². The number of hydrogen-bond acceptors (Lipinski definition) is 12. The highest BCUT2D eigenvalue weighted by Crippen LogP contribution is 2.48. The lowest BCUT2D eigenvalue weighted by atomic mass is 10.1. The minimum absolute atomic E-state index is 0.0576. The minimum Gasteiger partial charge on any atom is -0.492 e. The fourth-order valence-corrected chi connectivity index (χ4v) is 5.83. The van der Waals surface area contributed by atoms with Crippen molar-refractivity contribution in [2.45, 2.75) is 27.7 Å². The molecule has 36 heavy (non-hydrogen) atoms. The molecule has 0 atom stereocenters. The number of hydrogen-bond donors (Lipinski definition) is 4. The third-order valence-corrected chi connectivity index (χ3v) is 8.45. The van der Waals surface area contributed by atoms with Crippen LogP contribution in [0.15, 0.2) is 12.1 Å². The van der Waals surface area contributed by atoms with Gasteiger partial charge in [-0.1, -0.05) is 0 Å². The predicted octanol–water partition coefficient (Wildman–Crippen LogP) is 2.18. The SMILES string of the molecule is CCOP(=O)(CCOc1cc(C(=O)NN)c(OCCP(=O)(OCC)OCC)cc1C(=O)NN)OCC. The van der Waals surface area contributed by atoms with Gasteiger partial charge in [-0.15, -0.1) is 0 Å². The second-order valence-electron chi connectivity index (χ2n) is 6.83. The molecule has 1 aromatic rings. The zero-order chi connectivity index (χ0) is 27.2. The topological polar surface area (TPSA) is 200 Å². The Labute approximate surface area is 210 Å². The van der Waals surface area contributed by atoms with Crippen LogP contribution in [0, 0.1) is 0 Å². The Balaban J connectivity index is 3.23. The highest BCUT2D eigenvalue weighted by atomic mass is 31.2. The smallest absolute Gasteiger partial charge is 0.334 e. The minimum atomic E-state index is -3.42. The molecule has 0 spiro atoms. The first-order chi connectivity index (χ1) is 17.1. The predicted molar refractivity (Wildman–Crippen MR) is 132 cm³/mol. The molecule has 0 saturated heterocycles. The van der Waals surface area contributed by atoms with E-state index in [0.29, 0.717) is 0 Å². The molecule has 0 fully saturated rings. The van der Waals surface area contributed by atoms with Gasteiger partial charge in [0.15, 0.2) is 0 Å². The summed E-state index contributed by atoms with van der Waals surface area (Å²) in [5.41, 5.74) is 3.80. The number of nitrogens with one attached hydrogen (secondary N) is 2. The van der Waals surface area contributed by atoms with Crippen molar-refractivity contribution in [3.8, 4) is 11.5 Å². The number of nitrogen functional groups attached to an aromatic ring is 2. The highest BCUT2D eigenvalue weighted by molar-refractivity contribution is 7.54. The zero-order valence-corrected chi connectivity index (χ0v) is 22.7. The number of ether oxygens (including phenoxy) is 2. The molecule has 0 aliphatic rings. The summed E-state index contributed by atoms with van der Waals surface area (Å²) in [6.07, 6.45) is -0.224. The van der Waals surface area contributed by atoms with Gasteiger partial charge < -0.3 is 27.6 Å². The maximum Gasteiger partial charge on any atom is 0.334 e. The van der Waals surface area contributed by atoms with Gasteiger partial charge in [-0.05, 0) is 39.8 Å². The maximum absolute atomic E-state index is 12.7. The quantitative estimate of drug-likeness (QED) is 0.0893. The Kier molecular flexibility index (Phi) is 14.2. The van der Waals surface area contributed by atoms with E-state index in [4.69, 9.17) is 39.3 Å². The number of benzene rings is 1. The average molecular weight is 554 g/mol. The molecule has 0 aliphatic carbocycles. The van der Waals surface area contributed by atoms with E-state index in [9.17, 15) is 18.7 Å². The fourth-order valence-electron chi connectivity index (χ4n) is 2.96. The van der Waals surface area contributed by atoms with Gasteiger partial charge in [0.25, 0.3) is 11.8 Å². The average Bonchev–Trinajstić information content (AvgIpc) is 2.84. The van der Waals surface area contributed by atoms with Gasteiger partial charge in [0.1, 0.15) is 11.5 Å². The van der Waals surface area contributed by atoms with Gasteiger partial charge in [-0.3, -0.25) is 29.6 Å². The van der Waals surface area contributed by atoms with E-state index in [2.05, 4.69) is 0 Å². The first kappa shape index (κ1) is 32.0. The van der Waals surface area contributed by atoms with Crippen LogP contribution in [-0.4, -0.2) is 63.8 Å². The van der Waals surface area contributed by atoms with Gasteiger partial charge >= 0.3 is 15.2 Å². The van der Waals surface area contributed by atoms with Crippen LogP contribution >= 0.6 is 15.2 Å². The summed E-state index contributed by atoms with van der Waals surface area (Å²) in [4.78, 5) is 24.8. The number of carbonyl (C=O) groups excluding carboxylic acids is 2. The Bertz CT molecular complexity index is 867. The number of carbonyl (C=O) groups is 2. The normalized spacial score (nSPS) is 11.7. The second kappa shape index (κ2) is 16.0. The molecule has 0 unspecified atom stereocenters. The van der Waals surface area contributed by atoms with Crippen LogP contribution in [-0.2, 0) is 27.2 Å². The molecule has 16 heteroatoms. The summed E-state index contributed by atoms with van der Waals surface area (Å²) in [5.74, 6) is 8.98. The molecule has 2 amide bonds. The van der Waals surface area contributed by atoms with Gasteiger partial charge in [0, 0.05) is 0 Å². The largest absolute Gasteiger partial charge is 0.492 e. The molecule has 14 nitrogen and oxygen atoms in total. The van der Waals surface area contributed by atoms with Crippen LogP contribution in [0.5, 0.6) is 11.5 Å². The second-order valence-corrected chi connectivity index (χ2v) is 11.2. The summed E-state index contributed by atoms with van der Waals surface area (Å²) in [7, 11) is -6.83. The van der Waals surface area contributed by atoms with Crippen molar-refractivity contribution in [1.82, 2.24) is 10.9 Å². The van der Waals surface area contributed by atoms with E-state index in [1.807, 2.05) is 10.9 Å². The molecule has 1 aromatic carbocycles. The van der Waals surface area contributed by atoms with Crippen LogP contribution in [0.2, 0.25) is 0 Å². The third-order valence-electron chi connectivity index (χ3n) is 4.38. The first-order valence-corrected chi connectivity index (χ1v) is 14.8. The summed E-state index contributed by atoms with van der Waals surface area (Å²) >= 11 is 0. The molecule has 0 radical (unpaired) electrons.